The molecule has 0 amide bonds. The highest BCUT2D eigenvalue weighted by Gasteiger charge is 2.22. The van der Waals surface area contributed by atoms with Gasteiger partial charge in [-0.1, -0.05) is 12.8 Å². The topological polar surface area (TPSA) is 30.7 Å². The number of aromatic nitrogens is 3. The average Bonchev–Trinajstić information content (AvgIpc) is 2.93. The van der Waals surface area contributed by atoms with Crippen LogP contribution in [0.5, 0.6) is 0 Å². The van der Waals surface area contributed by atoms with Crippen LogP contribution >= 0.6 is 27.5 Å². The number of rotatable bonds is 2. The first kappa shape index (κ1) is 11.5. The zero-order valence-corrected chi connectivity index (χ0v) is 11.7. The number of fused-ring (bicyclic) bond motifs is 1. The lowest BCUT2D eigenvalue weighted by Gasteiger charge is -2.14. The lowest BCUT2D eigenvalue weighted by molar-refractivity contribution is 0.515. The maximum absolute atomic E-state index is 6.00. The second-order valence-electron chi connectivity index (χ2n) is 4.47. The summed E-state index contributed by atoms with van der Waals surface area (Å²) in [6.45, 7) is 0. The molecule has 0 saturated heterocycles. The van der Waals surface area contributed by atoms with E-state index >= 15 is 0 Å². The second kappa shape index (κ2) is 4.58. The van der Waals surface area contributed by atoms with Crippen LogP contribution in [0.3, 0.4) is 0 Å². The van der Waals surface area contributed by atoms with Crippen LogP contribution in [-0.2, 0) is 5.88 Å². The zero-order valence-electron chi connectivity index (χ0n) is 9.37. The van der Waals surface area contributed by atoms with Gasteiger partial charge < -0.3 is 4.57 Å². The highest BCUT2D eigenvalue weighted by atomic mass is 79.9. The Morgan fingerprint density at radius 1 is 1.41 bits per heavy atom. The van der Waals surface area contributed by atoms with Gasteiger partial charge in [-0.3, -0.25) is 0 Å². The van der Waals surface area contributed by atoms with Crippen LogP contribution in [0.1, 0.15) is 37.5 Å². The second-order valence-corrected chi connectivity index (χ2v) is 5.65. The Kier molecular flexibility index (Phi) is 3.09. The number of hydrogen-bond acceptors (Lipinski definition) is 2. The smallest absolute Gasteiger partial charge is 0.160 e. The summed E-state index contributed by atoms with van der Waals surface area (Å²) in [5.74, 6) is 1.39. The lowest BCUT2D eigenvalue weighted by atomic mass is 10.2. The summed E-state index contributed by atoms with van der Waals surface area (Å²) in [5, 5.41) is 0. The van der Waals surface area contributed by atoms with Crippen LogP contribution in [0.15, 0.2) is 16.7 Å². The molecule has 0 aromatic carbocycles. The van der Waals surface area contributed by atoms with Crippen molar-refractivity contribution in [3.05, 3.63) is 22.6 Å². The fourth-order valence-electron chi connectivity index (χ4n) is 2.64. The van der Waals surface area contributed by atoms with E-state index in [1.807, 2.05) is 12.3 Å². The summed E-state index contributed by atoms with van der Waals surface area (Å²) in [6, 6.07) is 2.53. The van der Waals surface area contributed by atoms with Crippen LogP contribution in [0.4, 0.5) is 0 Å². The van der Waals surface area contributed by atoms with E-state index in [4.69, 9.17) is 11.6 Å². The molecule has 0 aliphatic heterocycles. The minimum atomic E-state index is 0.449. The molecule has 5 heteroatoms. The largest absolute Gasteiger partial charge is 0.309 e. The first-order valence-corrected chi connectivity index (χ1v) is 7.20. The van der Waals surface area contributed by atoms with Gasteiger partial charge in [-0.05, 0) is 34.8 Å². The molecule has 1 fully saturated rings. The number of pyridine rings is 1. The van der Waals surface area contributed by atoms with Gasteiger partial charge >= 0.3 is 0 Å². The van der Waals surface area contributed by atoms with Crippen LogP contribution < -0.4 is 0 Å². The van der Waals surface area contributed by atoms with Gasteiger partial charge in [0.1, 0.15) is 11.3 Å². The van der Waals surface area contributed by atoms with Crippen molar-refractivity contribution in [3.63, 3.8) is 0 Å². The molecule has 90 valence electrons. The third-order valence-electron chi connectivity index (χ3n) is 3.38. The maximum Gasteiger partial charge on any atom is 0.160 e. The molecular formula is C12H13BrClN3. The van der Waals surface area contributed by atoms with Crippen LogP contribution in [0.2, 0.25) is 0 Å². The first-order valence-electron chi connectivity index (χ1n) is 5.88. The lowest BCUT2D eigenvalue weighted by Crippen LogP contribution is -2.08. The Bertz CT molecular complexity index is 546. The van der Waals surface area contributed by atoms with Crippen LogP contribution in [0, 0.1) is 0 Å². The molecule has 0 atom stereocenters. The van der Waals surface area contributed by atoms with Gasteiger partial charge in [-0.25, -0.2) is 9.97 Å². The van der Waals surface area contributed by atoms with E-state index < -0.39 is 0 Å². The third kappa shape index (κ3) is 1.97. The van der Waals surface area contributed by atoms with E-state index in [0.717, 1.165) is 21.5 Å². The fraction of sp³-hybridized carbons (Fsp3) is 0.500. The van der Waals surface area contributed by atoms with Gasteiger partial charge in [0.2, 0.25) is 0 Å². The summed E-state index contributed by atoms with van der Waals surface area (Å²) in [7, 11) is 0. The Morgan fingerprint density at radius 3 is 2.88 bits per heavy atom. The molecule has 0 spiro atoms. The third-order valence-corrected chi connectivity index (χ3v) is 4.05. The van der Waals surface area contributed by atoms with E-state index in [0.29, 0.717) is 11.9 Å². The molecule has 0 radical (unpaired) electrons. The molecule has 2 heterocycles. The van der Waals surface area contributed by atoms with Gasteiger partial charge in [0.15, 0.2) is 5.65 Å². The predicted molar refractivity (Wildman–Crippen MR) is 72.3 cm³/mol. The molecule has 17 heavy (non-hydrogen) atoms. The predicted octanol–water partition coefficient (Wildman–Crippen LogP) is 4.05. The van der Waals surface area contributed by atoms with Crippen LogP contribution in [0.25, 0.3) is 11.2 Å². The van der Waals surface area contributed by atoms with Crippen molar-refractivity contribution in [2.75, 3.05) is 0 Å². The highest BCUT2D eigenvalue weighted by Crippen LogP contribution is 2.33. The van der Waals surface area contributed by atoms with Crippen molar-refractivity contribution >= 4 is 38.7 Å². The SMILES string of the molecule is ClCc1nc2cc(Br)cnc2n1C1CCCC1. The number of hydrogen-bond donors (Lipinski definition) is 0. The van der Waals surface area contributed by atoms with Crippen molar-refractivity contribution in [1.82, 2.24) is 14.5 Å². The van der Waals surface area contributed by atoms with E-state index in [1.54, 1.807) is 0 Å². The number of alkyl halides is 1. The quantitative estimate of drug-likeness (QED) is 0.783. The summed E-state index contributed by atoms with van der Waals surface area (Å²) in [4.78, 5) is 9.06. The van der Waals surface area contributed by atoms with Gasteiger partial charge in [0.05, 0.1) is 5.88 Å². The molecule has 3 rings (SSSR count). The molecular weight excluding hydrogens is 302 g/mol. The highest BCUT2D eigenvalue weighted by molar-refractivity contribution is 9.10. The van der Waals surface area contributed by atoms with Gasteiger partial charge in [-0.15, -0.1) is 11.6 Å². The zero-order chi connectivity index (χ0) is 11.8. The van der Waals surface area contributed by atoms with Gasteiger partial charge in [-0.2, -0.15) is 0 Å². The molecule has 2 aromatic heterocycles. The molecule has 1 aliphatic carbocycles. The Labute approximate surface area is 113 Å². The molecule has 1 aliphatic rings. The van der Waals surface area contributed by atoms with Crippen molar-refractivity contribution in [3.8, 4) is 0 Å². The number of nitrogens with zero attached hydrogens (tertiary/aromatic N) is 3. The minimum absolute atomic E-state index is 0.449. The van der Waals surface area contributed by atoms with Crippen molar-refractivity contribution < 1.29 is 0 Å². The molecule has 2 aromatic rings. The molecule has 3 nitrogen and oxygen atoms in total. The maximum atomic E-state index is 6.00. The van der Waals surface area contributed by atoms with Gasteiger partial charge in [0, 0.05) is 16.7 Å². The van der Waals surface area contributed by atoms with Crippen molar-refractivity contribution in [2.24, 2.45) is 0 Å². The fourth-order valence-corrected chi connectivity index (χ4v) is 3.15. The standard InChI is InChI=1S/C12H13BrClN3/c13-8-5-10-12(15-7-8)17(11(6-14)16-10)9-3-1-2-4-9/h5,7,9H,1-4,6H2. The van der Waals surface area contributed by atoms with E-state index in [9.17, 15) is 0 Å². The van der Waals surface area contributed by atoms with Gasteiger partial charge in [0.25, 0.3) is 0 Å². The van der Waals surface area contributed by atoms with Crippen molar-refractivity contribution in [2.45, 2.75) is 37.6 Å². The Hall–Kier alpha value is -0.610. The van der Waals surface area contributed by atoms with E-state index in [1.165, 1.54) is 25.7 Å². The summed E-state index contributed by atoms with van der Waals surface area (Å²) >= 11 is 9.43. The number of imidazole rings is 1. The Balaban J connectivity index is 2.19. The Morgan fingerprint density at radius 2 is 2.18 bits per heavy atom. The van der Waals surface area contributed by atoms with Crippen molar-refractivity contribution in [1.29, 1.82) is 0 Å². The monoisotopic (exact) mass is 313 g/mol. The molecule has 0 N–H and O–H groups in total. The summed E-state index contributed by atoms with van der Waals surface area (Å²) < 4.78 is 3.20. The average molecular weight is 315 g/mol. The van der Waals surface area contributed by atoms with E-state index in [-0.39, 0.29) is 0 Å². The minimum Gasteiger partial charge on any atom is -0.309 e. The number of halogens is 2. The first-order chi connectivity index (χ1) is 8.29. The van der Waals surface area contributed by atoms with E-state index in [2.05, 4.69) is 30.5 Å². The molecule has 1 saturated carbocycles. The normalized spacial score (nSPS) is 17.1. The summed E-state index contributed by atoms with van der Waals surface area (Å²) in [5.41, 5.74) is 1.90. The molecule has 0 unspecified atom stereocenters. The summed E-state index contributed by atoms with van der Waals surface area (Å²) in [6.07, 6.45) is 6.85. The molecule has 0 bridgehead atoms. The van der Waals surface area contributed by atoms with Crippen LogP contribution in [-0.4, -0.2) is 14.5 Å².